The van der Waals surface area contributed by atoms with E-state index in [1.807, 2.05) is 60.0 Å². The first kappa shape index (κ1) is 22.3. The number of hydrogen-bond acceptors (Lipinski definition) is 4. The Balaban J connectivity index is 1.39. The van der Waals surface area contributed by atoms with Gasteiger partial charge in [0.05, 0.1) is 28.7 Å². The summed E-state index contributed by atoms with van der Waals surface area (Å²) in [6.45, 7) is 5.42. The molecule has 1 aliphatic heterocycles. The average Bonchev–Trinajstić information content (AvgIpc) is 3.43. The van der Waals surface area contributed by atoms with Crippen LogP contribution in [0.3, 0.4) is 0 Å². The number of rotatable bonds is 7. The Kier molecular flexibility index (Phi) is 6.65. The van der Waals surface area contributed by atoms with Gasteiger partial charge in [-0.3, -0.25) is 4.79 Å². The van der Waals surface area contributed by atoms with Gasteiger partial charge in [-0.05, 0) is 37.5 Å². The van der Waals surface area contributed by atoms with Crippen LogP contribution in [0, 0.1) is 13.3 Å². The van der Waals surface area contributed by atoms with E-state index in [2.05, 4.69) is 35.0 Å². The van der Waals surface area contributed by atoms with Crippen LogP contribution in [-0.4, -0.2) is 43.4 Å². The molecule has 0 saturated carbocycles. The maximum absolute atomic E-state index is 13.3. The van der Waals surface area contributed by atoms with E-state index in [1.165, 1.54) is 0 Å². The maximum atomic E-state index is 13.3. The number of unbranched alkanes of at least 4 members (excludes halogenated alkanes) is 2. The van der Waals surface area contributed by atoms with Crippen molar-refractivity contribution in [3.05, 3.63) is 91.9 Å². The van der Waals surface area contributed by atoms with Crippen LogP contribution in [0.15, 0.2) is 67.3 Å². The molecule has 0 atom stereocenters. The third kappa shape index (κ3) is 4.72. The number of imidazole rings is 1. The lowest BCUT2D eigenvalue weighted by atomic mass is 10.0. The summed E-state index contributed by atoms with van der Waals surface area (Å²) in [4.78, 5) is 29.2. The molecule has 4 aromatic rings. The highest BCUT2D eigenvalue weighted by atomic mass is 16.2. The quantitative estimate of drug-likeness (QED) is 0.347. The van der Waals surface area contributed by atoms with Gasteiger partial charge in [0, 0.05) is 49.1 Å². The Morgan fingerprint density at radius 2 is 1.88 bits per heavy atom. The van der Waals surface area contributed by atoms with E-state index in [4.69, 9.17) is 9.97 Å². The lowest BCUT2D eigenvalue weighted by Crippen LogP contribution is -2.38. The van der Waals surface area contributed by atoms with Gasteiger partial charge in [0.25, 0.3) is 5.91 Å². The van der Waals surface area contributed by atoms with Gasteiger partial charge in [0.15, 0.2) is 0 Å². The lowest BCUT2D eigenvalue weighted by molar-refractivity contribution is 0.0694. The van der Waals surface area contributed by atoms with Crippen LogP contribution in [0.25, 0.3) is 22.3 Å². The Morgan fingerprint density at radius 3 is 2.62 bits per heavy atom. The smallest absolute Gasteiger partial charge is 0.253 e. The molecule has 1 amide bonds. The van der Waals surface area contributed by atoms with Crippen molar-refractivity contribution in [2.45, 2.75) is 38.1 Å². The number of fused-ring (bicyclic) bond motifs is 1. The number of likely N-dealkylation sites (tertiary alicyclic amines) is 1. The number of piperidine rings is 1. The Hall–Kier alpha value is -3.54. The first-order chi connectivity index (χ1) is 16.7. The SMILES string of the molecule is [CH2]CCC[CH]c1nc2cc(C(=O)N3CCC(n4ccnc4)CC3)ccc2nc1-c1ccccc1. The van der Waals surface area contributed by atoms with Gasteiger partial charge in [-0.25, -0.2) is 15.0 Å². The third-order valence-corrected chi connectivity index (χ3v) is 6.48. The van der Waals surface area contributed by atoms with Crippen LogP contribution in [-0.2, 0) is 0 Å². The fourth-order valence-corrected chi connectivity index (χ4v) is 4.57. The second-order valence-corrected chi connectivity index (χ2v) is 8.76. The Morgan fingerprint density at radius 1 is 1.06 bits per heavy atom. The first-order valence-corrected chi connectivity index (χ1v) is 12.0. The molecule has 0 unspecified atom stereocenters. The van der Waals surface area contributed by atoms with Crippen LogP contribution >= 0.6 is 0 Å². The molecule has 0 spiro atoms. The lowest BCUT2D eigenvalue weighted by Gasteiger charge is -2.32. The molecule has 1 saturated heterocycles. The first-order valence-electron chi connectivity index (χ1n) is 12.0. The zero-order valence-electron chi connectivity index (χ0n) is 19.3. The highest BCUT2D eigenvalue weighted by molar-refractivity contribution is 5.97. The van der Waals surface area contributed by atoms with Gasteiger partial charge in [0.1, 0.15) is 0 Å². The minimum absolute atomic E-state index is 0.0579. The molecule has 34 heavy (non-hydrogen) atoms. The molecule has 6 nitrogen and oxygen atoms in total. The van der Waals surface area contributed by atoms with Gasteiger partial charge in [-0.15, -0.1) is 0 Å². The molecule has 2 aromatic heterocycles. The summed E-state index contributed by atoms with van der Waals surface area (Å²) < 4.78 is 2.14. The second-order valence-electron chi connectivity index (χ2n) is 8.76. The highest BCUT2D eigenvalue weighted by Crippen LogP contribution is 2.27. The van der Waals surface area contributed by atoms with Crippen molar-refractivity contribution < 1.29 is 4.79 Å². The molecular weight excluding hydrogens is 422 g/mol. The number of hydrogen-bond donors (Lipinski definition) is 0. The number of amides is 1. The Bertz CT molecular complexity index is 1240. The van der Waals surface area contributed by atoms with Crippen molar-refractivity contribution in [3.63, 3.8) is 0 Å². The predicted octanol–water partition coefficient (Wildman–Crippen LogP) is 5.53. The van der Waals surface area contributed by atoms with Gasteiger partial charge in [-0.2, -0.15) is 0 Å². The van der Waals surface area contributed by atoms with Crippen LogP contribution < -0.4 is 0 Å². The summed E-state index contributed by atoms with van der Waals surface area (Å²) in [5.41, 5.74) is 4.98. The zero-order chi connectivity index (χ0) is 23.3. The monoisotopic (exact) mass is 451 g/mol. The molecule has 0 bridgehead atoms. The minimum atomic E-state index is 0.0579. The summed E-state index contributed by atoms with van der Waals surface area (Å²) in [7, 11) is 0. The van der Waals surface area contributed by atoms with E-state index in [-0.39, 0.29) is 5.91 Å². The molecule has 2 radical (unpaired) electrons. The molecule has 2 aromatic carbocycles. The van der Waals surface area contributed by atoms with Crippen LogP contribution in [0.5, 0.6) is 0 Å². The summed E-state index contributed by atoms with van der Waals surface area (Å²) in [6, 6.07) is 16.2. The molecule has 0 N–H and O–H groups in total. The number of aromatic nitrogens is 4. The normalized spacial score (nSPS) is 14.6. The minimum Gasteiger partial charge on any atom is -0.338 e. The summed E-state index contributed by atoms with van der Waals surface area (Å²) in [5, 5.41) is 0. The van der Waals surface area contributed by atoms with E-state index in [9.17, 15) is 4.79 Å². The molecule has 172 valence electrons. The largest absolute Gasteiger partial charge is 0.338 e. The van der Waals surface area contributed by atoms with Crippen molar-refractivity contribution in [3.8, 4) is 11.3 Å². The molecular formula is C28H29N5O. The van der Waals surface area contributed by atoms with Crippen molar-refractivity contribution >= 4 is 16.9 Å². The van der Waals surface area contributed by atoms with Crippen LogP contribution in [0.2, 0.25) is 0 Å². The molecule has 1 fully saturated rings. The van der Waals surface area contributed by atoms with Crippen molar-refractivity contribution in [2.24, 2.45) is 0 Å². The van der Waals surface area contributed by atoms with Crippen molar-refractivity contribution in [1.29, 1.82) is 0 Å². The van der Waals surface area contributed by atoms with Gasteiger partial charge in [0.2, 0.25) is 0 Å². The van der Waals surface area contributed by atoms with E-state index in [0.717, 1.165) is 73.2 Å². The van der Waals surface area contributed by atoms with Gasteiger partial charge < -0.3 is 9.47 Å². The summed E-state index contributed by atoms with van der Waals surface area (Å²) in [6.07, 6.45) is 12.4. The van der Waals surface area contributed by atoms with E-state index >= 15 is 0 Å². The van der Waals surface area contributed by atoms with Gasteiger partial charge >= 0.3 is 0 Å². The van der Waals surface area contributed by atoms with E-state index in [1.54, 1.807) is 0 Å². The fraction of sp³-hybridized carbons (Fsp3) is 0.286. The standard InChI is InChI=1S/C28H29N5O/c1-2-3-5-10-25-27(21-8-6-4-7-9-21)31-24-12-11-22(19-26(24)30-25)28(34)32-16-13-23(14-17-32)33-18-15-29-20-33/h4,6-12,15,18-20,23H,1-3,5,13-14,16-17H2. The molecule has 3 heterocycles. The van der Waals surface area contributed by atoms with E-state index < -0.39 is 0 Å². The number of carbonyl (C=O) groups excluding carboxylic acids is 1. The number of benzene rings is 2. The van der Waals surface area contributed by atoms with E-state index in [0.29, 0.717) is 11.6 Å². The van der Waals surface area contributed by atoms with Crippen molar-refractivity contribution in [1.82, 2.24) is 24.4 Å². The summed E-state index contributed by atoms with van der Waals surface area (Å²) in [5.74, 6) is 0.0579. The molecule has 6 heteroatoms. The average molecular weight is 452 g/mol. The number of carbonyl (C=O) groups is 1. The Labute approximate surface area is 200 Å². The van der Waals surface area contributed by atoms with Crippen LogP contribution in [0.1, 0.15) is 54.2 Å². The fourth-order valence-electron chi connectivity index (χ4n) is 4.57. The predicted molar refractivity (Wildman–Crippen MR) is 134 cm³/mol. The van der Waals surface area contributed by atoms with Gasteiger partial charge in [-0.1, -0.05) is 50.1 Å². The second kappa shape index (κ2) is 10.2. The maximum Gasteiger partial charge on any atom is 0.253 e. The van der Waals surface area contributed by atoms with Crippen LogP contribution in [0.4, 0.5) is 0 Å². The molecule has 1 aliphatic rings. The molecule has 0 aliphatic carbocycles. The summed E-state index contributed by atoms with van der Waals surface area (Å²) >= 11 is 0. The zero-order valence-corrected chi connectivity index (χ0v) is 19.3. The topological polar surface area (TPSA) is 63.9 Å². The number of nitrogens with zero attached hydrogens (tertiary/aromatic N) is 5. The highest BCUT2D eigenvalue weighted by Gasteiger charge is 2.25. The van der Waals surface area contributed by atoms with Crippen molar-refractivity contribution in [2.75, 3.05) is 13.1 Å². The third-order valence-electron chi connectivity index (χ3n) is 6.48. The molecule has 5 rings (SSSR count).